The molecule has 10 heteroatoms. The maximum atomic E-state index is 13.0. The number of halogens is 3. The molecule has 0 unspecified atom stereocenters. The summed E-state index contributed by atoms with van der Waals surface area (Å²) in [5.41, 5.74) is -3.50. The van der Waals surface area contributed by atoms with Crippen LogP contribution in [0.4, 0.5) is 18.9 Å². The van der Waals surface area contributed by atoms with Gasteiger partial charge in [0, 0.05) is 44.1 Å². The second-order valence-electron chi connectivity index (χ2n) is 6.11. The zero-order valence-corrected chi connectivity index (χ0v) is 13.8. The minimum Gasteiger partial charge on any atom is -0.479 e. The Morgan fingerprint density at radius 2 is 1.73 bits per heavy atom. The zero-order valence-electron chi connectivity index (χ0n) is 13.8. The molecule has 1 aliphatic heterocycles. The quantitative estimate of drug-likeness (QED) is 0.747. The van der Waals surface area contributed by atoms with Crippen molar-refractivity contribution in [1.82, 2.24) is 4.90 Å². The Morgan fingerprint density at radius 1 is 1.15 bits per heavy atom. The minimum atomic E-state index is -4.71. The standard InChI is InChI=1S/C16H17F3N2O5/c1-9(22)20-12-7-10(6-11(8-12)16(17,18)19)13(23)21-4-2-15(26,3-5-21)14(24)25/h6-8,26H,2-5H2,1H3,(H,20,22)(H,24,25). The van der Waals surface area contributed by atoms with Crippen LogP contribution in [0.25, 0.3) is 0 Å². The Hall–Kier alpha value is -2.62. The van der Waals surface area contributed by atoms with E-state index < -0.39 is 35.1 Å². The highest BCUT2D eigenvalue weighted by molar-refractivity contribution is 5.97. The molecule has 0 radical (unpaired) electrons. The molecule has 3 N–H and O–H groups in total. The highest BCUT2D eigenvalue weighted by atomic mass is 19.4. The molecule has 2 amide bonds. The molecule has 1 heterocycles. The van der Waals surface area contributed by atoms with Gasteiger partial charge in [0.05, 0.1) is 5.56 Å². The lowest BCUT2D eigenvalue weighted by Gasteiger charge is -2.35. The Kier molecular flexibility index (Phi) is 5.26. The molecule has 1 aromatic rings. The molecule has 0 atom stereocenters. The molecule has 0 aliphatic carbocycles. The molecule has 0 saturated carbocycles. The fourth-order valence-electron chi connectivity index (χ4n) is 2.67. The summed E-state index contributed by atoms with van der Waals surface area (Å²) in [6.07, 6.45) is -5.17. The minimum absolute atomic E-state index is 0.118. The van der Waals surface area contributed by atoms with Crippen LogP contribution in [0.3, 0.4) is 0 Å². The number of hydrogen-bond donors (Lipinski definition) is 3. The third-order valence-corrected chi connectivity index (χ3v) is 4.10. The lowest BCUT2D eigenvalue weighted by molar-refractivity contribution is -0.162. The number of amides is 2. The molecule has 2 rings (SSSR count). The van der Waals surface area contributed by atoms with E-state index in [4.69, 9.17) is 5.11 Å². The van der Waals surface area contributed by atoms with Crippen molar-refractivity contribution in [2.75, 3.05) is 18.4 Å². The number of anilines is 1. The van der Waals surface area contributed by atoms with E-state index in [1.54, 1.807) is 0 Å². The van der Waals surface area contributed by atoms with Crippen LogP contribution in [-0.4, -0.2) is 51.6 Å². The molecule has 0 spiro atoms. The average Bonchev–Trinajstić information content (AvgIpc) is 2.53. The van der Waals surface area contributed by atoms with E-state index in [1.165, 1.54) is 4.90 Å². The van der Waals surface area contributed by atoms with Crippen molar-refractivity contribution in [3.05, 3.63) is 29.3 Å². The number of piperidine rings is 1. The number of nitrogens with one attached hydrogen (secondary N) is 1. The molecule has 7 nitrogen and oxygen atoms in total. The van der Waals surface area contributed by atoms with Crippen LogP contribution in [0.1, 0.15) is 35.7 Å². The van der Waals surface area contributed by atoms with Crippen LogP contribution in [0, 0.1) is 0 Å². The third kappa shape index (κ3) is 4.31. The molecule has 1 aliphatic rings. The van der Waals surface area contributed by atoms with E-state index in [1.807, 2.05) is 0 Å². The predicted octanol–water partition coefficient (Wildman–Crippen LogP) is 1.72. The topological polar surface area (TPSA) is 107 Å². The lowest BCUT2D eigenvalue weighted by Crippen LogP contribution is -2.50. The number of benzene rings is 1. The number of carboxylic acid groups (broad SMARTS) is 1. The molecule has 1 aromatic carbocycles. The van der Waals surface area contributed by atoms with E-state index in [2.05, 4.69) is 5.32 Å². The van der Waals surface area contributed by atoms with Crippen LogP contribution < -0.4 is 5.32 Å². The number of alkyl halides is 3. The van der Waals surface area contributed by atoms with Crippen molar-refractivity contribution >= 4 is 23.5 Å². The highest BCUT2D eigenvalue weighted by Crippen LogP contribution is 2.33. The largest absolute Gasteiger partial charge is 0.479 e. The first kappa shape index (κ1) is 19.7. The molecular weight excluding hydrogens is 357 g/mol. The number of nitrogens with zero attached hydrogens (tertiary/aromatic N) is 1. The maximum absolute atomic E-state index is 13.0. The molecule has 0 bridgehead atoms. The molecule has 142 valence electrons. The molecule has 1 fully saturated rings. The normalized spacial score (nSPS) is 16.9. The second-order valence-corrected chi connectivity index (χ2v) is 6.11. The van der Waals surface area contributed by atoms with Crippen molar-refractivity contribution < 1.29 is 37.8 Å². The summed E-state index contributed by atoms with van der Waals surface area (Å²) in [6, 6.07) is 2.51. The van der Waals surface area contributed by atoms with Gasteiger partial charge in [-0.2, -0.15) is 13.2 Å². The van der Waals surface area contributed by atoms with Gasteiger partial charge in [-0.25, -0.2) is 4.79 Å². The lowest BCUT2D eigenvalue weighted by atomic mass is 9.91. The first-order valence-electron chi connectivity index (χ1n) is 7.67. The van der Waals surface area contributed by atoms with Gasteiger partial charge in [-0.05, 0) is 18.2 Å². The number of carboxylic acids is 1. The van der Waals surface area contributed by atoms with Crippen molar-refractivity contribution in [3.63, 3.8) is 0 Å². The number of aliphatic hydroxyl groups is 1. The number of carbonyl (C=O) groups is 3. The van der Waals surface area contributed by atoms with Crippen LogP contribution in [0.5, 0.6) is 0 Å². The summed E-state index contributed by atoms with van der Waals surface area (Å²) in [7, 11) is 0. The van der Waals surface area contributed by atoms with Gasteiger partial charge >= 0.3 is 12.1 Å². The summed E-state index contributed by atoms with van der Waals surface area (Å²) in [5, 5.41) is 21.1. The third-order valence-electron chi connectivity index (χ3n) is 4.10. The van der Waals surface area contributed by atoms with Gasteiger partial charge in [0.25, 0.3) is 5.91 Å². The first-order valence-corrected chi connectivity index (χ1v) is 7.67. The van der Waals surface area contributed by atoms with Crippen molar-refractivity contribution in [1.29, 1.82) is 0 Å². The Balaban J connectivity index is 2.28. The molecular formula is C16H17F3N2O5. The number of rotatable bonds is 3. The summed E-state index contributed by atoms with van der Waals surface area (Å²) in [6.45, 7) is 0.889. The van der Waals surface area contributed by atoms with Crippen molar-refractivity contribution in [2.45, 2.75) is 31.5 Å². The van der Waals surface area contributed by atoms with Crippen molar-refractivity contribution in [2.24, 2.45) is 0 Å². The second kappa shape index (κ2) is 6.94. The number of aliphatic carboxylic acids is 1. The maximum Gasteiger partial charge on any atom is 0.416 e. The van der Waals surface area contributed by atoms with Crippen LogP contribution >= 0.6 is 0 Å². The van der Waals surface area contributed by atoms with Gasteiger partial charge in [-0.1, -0.05) is 0 Å². The van der Waals surface area contributed by atoms with Gasteiger partial charge in [0.15, 0.2) is 5.60 Å². The van der Waals surface area contributed by atoms with Gasteiger partial charge in [-0.15, -0.1) is 0 Å². The summed E-state index contributed by atoms with van der Waals surface area (Å²) in [5.74, 6) is -2.74. The first-order chi connectivity index (χ1) is 11.9. The van der Waals surface area contributed by atoms with Gasteiger partial charge in [0.2, 0.25) is 5.91 Å². The Morgan fingerprint density at radius 3 is 2.19 bits per heavy atom. The van der Waals surface area contributed by atoms with E-state index in [9.17, 15) is 32.7 Å². The number of likely N-dealkylation sites (tertiary alicyclic amines) is 1. The fraction of sp³-hybridized carbons (Fsp3) is 0.438. The van der Waals surface area contributed by atoms with Crippen molar-refractivity contribution in [3.8, 4) is 0 Å². The molecule has 1 saturated heterocycles. The predicted molar refractivity (Wildman–Crippen MR) is 83.5 cm³/mol. The summed E-state index contributed by atoms with van der Waals surface area (Å²) >= 11 is 0. The smallest absolute Gasteiger partial charge is 0.416 e. The van der Waals surface area contributed by atoms with E-state index >= 15 is 0 Å². The van der Waals surface area contributed by atoms with Crippen LogP contribution in [0.2, 0.25) is 0 Å². The highest BCUT2D eigenvalue weighted by Gasteiger charge is 2.41. The van der Waals surface area contributed by atoms with E-state index in [-0.39, 0.29) is 37.2 Å². The summed E-state index contributed by atoms with van der Waals surface area (Å²) < 4.78 is 39.1. The van der Waals surface area contributed by atoms with E-state index in [0.717, 1.165) is 19.1 Å². The monoisotopic (exact) mass is 374 g/mol. The zero-order chi connectivity index (χ0) is 19.7. The Labute approximate surface area is 146 Å². The number of carbonyl (C=O) groups excluding carboxylic acids is 2. The number of hydrogen-bond acceptors (Lipinski definition) is 4. The van der Waals surface area contributed by atoms with E-state index in [0.29, 0.717) is 6.07 Å². The van der Waals surface area contributed by atoms with Gasteiger partial charge in [0.1, 0.15) is 0 Å². The van der Waals surface area contributed by atoms with Gasteiger partial charge in [-0.3, -0.25) is 9.59 Å². The van der Waals surface area contributed by atoms with Gasteiger partial charge < -0.3 is 20.4 Å². The van der Waals surface area contributed by atoms with Crippen LogP contribution in [-0.2, 0) is 15.8 Å². The molecule has 0 aromatic heterocycles. The SMILES string of the molecule is CC(=O)Nc1cc(C(=O)N2CCC(O)(C(=O)O)CC2)cc(C(F)(F)F)c1. The average molecular weight is 374 g/mol. The Bertz CT molecular complexity index is 740. The molecule has 26 heavy (non-hydrogen) atoms. The van der Waals surface area contributed by atoms with Crippen LogP contribution in [0.15, 0.2) is 18.2 Å². The fourth-order valence-corrected chi connectivity index (χ4v) is 2.67. The summed E-state index contributed by atoms with van der Waals surface area (Å²) in [4.78, 5) is 35.8.